The van der Waals surface area contributed by atoms with Crippen LogP contribution in [0.5, 0.6) is 0 Å². The van der Waals surface area contributed by atoms with E-state index in [0.717, 1.165) is 11.8 Å². The second-order valence-electron chi connectivity index (χ2n) is 3.33. The summed E-state index contributed by atoms with van der Waals surface area (Å²) in [6.07, 6.45) is 5.53. The molecule has 0 saturated heterocycles. The van der Waals surface area contributed by atoms with Gasteiger partial charge in [-0.3, -0.25) is 0 Å². The first-order valence-corrected chi connectivity index (χ1v) is 3.62. The first-order valence-electron chi connectivity index (χ1n) is 3.62. The standard InChI is InChI=1S/C8H12/c1-6-2-3-7-5-8(7)4-6/h1,6-8H,2-5H2. The molecule has 2 saturated carbocycles. The van der Waals surface area contributed by atoms with Crippen molar-refractivity contribution in [2.24, 2.45) is 17.8 Å². The van der Waals surface area contributed by atoms with Crippen LogP contribution >= 0.6 is 0 Å². The van der Waals surface area contributed by atoms with Crippen molar-refractivity contribution in [3.05, 3.63) is 6.92 Å². The highest BCUT2D eigenvalue weighted by Crippen LogP contribution is 2.50. The molecule has 0 aromatic rings. The van der Waals surface area contributed by atoms with Gasteiger partial charge in [-0.05, 0) is 50.4 Å². The number of rotatable bonds is 0. The summed E-state index contributed by atoms with van der Waals surface area (Å²) in [5, 5.41) is 0. The Labute approximate surface area is 51.3 Å². The summed E-state index contributed by atoms with van der Waals surface area (Å²) >= 11 is 0. The zero-order valence-electron chi connectivity index (χ0n) is 5.14. The second kappa shape index (κ2) is 1.49. The van der Waals surface area contributed by atoms with Gasteiger partial charge in [0.25, 0.3) is 0 Å². The van der Waals surface area contributed by atoms with Gasteiger partial charge in [-0.2, -0.15) is 0 Å². The van der Waals surface area contributed by atoms with Crippen LogP contribution in [0.4, 0.5) is 0 Å². The lowest BCUT2D eigenvalue weighted by Gasteiger charge is -2.14. The molecule has 0 bridgehead atoms. The van der Waals surface area contributed by atoms with Gasteiger partial charge in [-0.1, -0.05) is 0 Å². The van der Waals surface area contributed by atoms with Crippen molar-refractivity contribution in [2.75, 3.05) is 0 Å². The fourth-order valence-corrected chi connectivity index (χ4v) is 1.89. The summed E-state index contributed by atoms with van der Waals surface area (Å²) in [4.78, 5) is 0. The molecule has 44 valence electrons. The molecule has 0 heteroatoms. The van der Waals surface area contributed by atoms with Gasteiger partial charge in [-0.25, -0.2) is 0 Å². The monoisotopic (exact) mass is 108 g/mol. The largest absolute Gasteiger partial charge is 0.0499 e. The van der Waals surface area contributed by atoms with Crippen LogP contribution < -0.4 is 0 Å². The highest BCUT2D eigenvalue weighted by Gasteiger charge is 2.40. The molecule has 2 rings (SSSR count). The number of fused-ring (bicyclic) bond motifs is 1. The van der Waals surface area contributed by atoms with E-state index >= 15 is 0 Å². The highest BCUT2D eigenvalue weighted by molar-refractivity contribution is 4.92. The van der Waals surface area contributed by atoms with E-state index in [1.54, 1.807) is 0 Å². The quantitative estimate of drug-likeness (QED) is 0.446. The highest BCUT2D eigenvalue weighted by atomic mass is 14.5. The molecule has 2 radical (unpaired) electrons. The van der Waals surface area contributed by atoms with Crippen LogP contribution in [-0.4, -0.2) is 0 Å². The van der Waals surface area contributed by atoms with E-state index in [0.29, 0.717) is 5.92 Å². The molecular weight excluding hydrogens is 96.1 g/mol. The minimum atomic E-state index is 0.554. The Balaban J connectivity index is 1.93. The Morgan fingerprint density at radius 3 is 2.50 bits per heavy atom. The van der Waals surface area contributed by atoms with Crippen molar-refractivity contribution in [3.63, 3.8) is 0 Å². The topological polar surface area (TPSA) is 0 Å². The number of hydrogen-bond acceptors (Lipinski definition) is 0. The first-order chi connectivity index (χ1) is 3.86. The SMILES string of the molecule is [CH]C1CCC2CC2C1. The summed E-state index contributed by atoms with van der Waals surface area (Å²) in [6.45, 7) is 5.75. The van der Waals surface area contributed by atoms with Crippen molar-refractivity contribution in [1.29, 1.82) is 0 Å². The fourth-order valence-electron chi connectivity index (χ4n) is 1.89. The molecule has 3 atom stereocenters. The Hall–Kier alpha value is 0. The van der Waals surface area contributed by atoms with Crippen LogP contribution in [0, 0.1) is 24.7 Å². The molecule has 0 aliphatic heterocycles. The Morgan fingerprint density at radius 1 is 1.00 bits per heavy atom. The van der Waals surface area contributed by atoms with Crippen LogP contribution in [-0.2, 0) is 0 Å². The van der Waals surface area contributed by atoms with Gasteiger partial charge < -0.3 is 0 Å². The molecule has 2 aliphatic carbocycles. The summed E-state index contributed by atoms with van der Waals surface area (Å²) in [6, 6.07) is 0. The van der Waals surface area contributed by atoms with Gasteiger partial charge in [0.15, 0.2) is 0 Å². The molecule has 0 spiro atoms. The molecule has 0 heterocycles. The van der Waals surface area contributed by atoms with Gasteiger partial charge in [0.05, 0.1) is 0 Å². The third-order valence-corrected chi connectivity index (χ3v) is 2.58. The maximum Gasteiger partial charge on any atom is -0.0318 e. The van der Waals surface area contributed by atoms with E-state index in [4.69, 9.17) is 6.92 Å². The average molecular weight is 108 g/mol. The molecule has 0 aromatic carbocycles. The molecule has 0 aromatic heterocycles. The van der Waals surface area contributed by atoms with Crippen LogP contribution in [0.3, 0.4) is 0 Å². The minimum Gasteiger partial charge on any atom is -0.0499 e. The third kappa shape index (κ3) is 0.667. The van der Waals surface area contributed by atoms with Gasteiger partial charge in [-0.15, -0.1) is 0 Å². The summed E-state index contributed by atoms with van der Waals surface area (Å²) in [7, 11) is 0. The molecule has 3 unspecified atom stereocenters. The predicted octanol–water partition coefficient (Wildman–Crippen LogP) is 2.13. The Kier molecular flexibility index (Phi) is 0.902. The number of hydrogen-bond donors (Lipinski definition) is 0. The van der Waals surface area contributed by atoms with Crippen LogP contribution in [0.1, 0.15) is 25.7 Å². The summed E-state index contributed by atoms with van der Waals surface area (Å²) < 4.78 is 0. The minimum absolute atomic E-state index is 0.554. The smallest absolute Gasteiger partial charge is 0.0318 e. The molecular formula is C8H12. The predicted molar refractivity (Wildman–Crippen MR) is 33.2 cm³/mol. The third-order valence-electron chi connectivity index (χ3n) is 2.58. The second-order valence-corrected chi connectivity index (χ2v) is 3.33. The van der Waals surface area contributed by atoms with Crippen LogP contribution in [0.2, 0.25) is 0 Å². The van der Waals surface area contributed by atoms with E-state index in [1.165, 1.54) is 25.7 Å². The zero-order chi connectivity index (χ0) is 5.56. The van der Waals surface area contributed by atoms with Gasteiger partial charge in [0.1, 0.15) is 0 Å². The molecule has 8 heavy (non-hydrogen) atoms. The fraction of sp³-hybridized carbons (Fsp3) is 0.875. The normalized spacial score (nSPS) is 52.9. The van der Waals surface area contributed by atoms with E-state index in [2.05, 4.69) is 0 Å². The van der Waals surface area contributed by atoms with E-state index in [1.807, 2.05) is 0 Å². The van der Waals surface area contributed by atoms with Crippen molar-refractivity contribution in [2.45, 2.75) is 25.7 Å². The lowest BCUT2D eigenvalue weighted by Crippen LogP contribution is -2.03. The summed E-state index contributed by atoms with van der Waals surface area (Å²) in [5.41, 5.74) is 0. The van der Waals surface area contributed by atoms with Crippen molar-refractivity contribution in [1.82, 2.24) is 0 Å². The Bertz CT molecular complexity index is 96.2. The van der Waals surface area contributed by atoms with Gasteiger partial charge >= 0.3 is 0 Å². The van der Waals surface area contributed by atoms with E-state index in [9.17, 15) is 0 Å². The molecule has 2 aliphatic rings. The first kappa shape index (κ1) is 4.84. The van der Waals surface area contributed by atoms with Crippen LogP contribution in [0.15, 0.2) is 0 Å². The van der Waals surface area contributed by atoms with Gasteiger partial charge in [0, 0.05) is 0 Å². The summed E-state index contributed by atoms with van der Waals surface area (Å²) in [5.74, 6) is 2.72. The molecule has 0 N–H and O–H groups in total. The van der Waals surface area contributed by atoms with Crippen molar-refractivity contribution in [3.8, 4) is 0 Å². The van der Waals surface area contributed by atoms with Crippen LogP contribution in [0.25, 0.3) is 0 Å². The maximum atomic E-state index is 5.75. The van der Waals surface area contributed by atoms with E-state index in [-0.39, 0.29) is 0 Å². The lowest BCUT2D eigenvalue weighted by atomic mass is 9.91. The molecule has 0 nitrogen and oxygen atoms in total. The van der Waals surface area contributed by atoms with Crippen molar-refractivity contribution < 1.29 is 0 Å². The molecule has 0 amide bonds. The molecule has 2 fully saturated rings. The van der Waals surface area contributed by atoms with Gasteiger partial charge in [0.2, 0.25) is 0 Å². The van der Waals surface area contributed by atoms with E-state index < -0.39 is 0 Å². The average Bonchev–Trinajstić information content (AvgIpc) is 2.43. The lowest BCUT2D eigenvalue weighted by molar-refractivity contribution is 0.398. The Morgan fingerprint density at radius 2 is 1.88 bits per heavy atom. The zero-order valence-corrected chi connectivity index (χ0v) is 5.14. The maximum absolute atomic E-state index is 5.75. The van der Waals surface area contributed by atoms with Crippen molar-refractivity contribution >= 4 is 0 Å².